The Kier molecular flexibility index (Phi) is 4.54. The minimum Gasteiger partial charge on any atom is -0.312 e. The van der Waals surface area contributed by atoms with Crippen LogP contribution >= 0.6 is 0 Å². The van der Waals surface area contributed by atoms with Crippen LogP contribution in [-0.2, 0) is 6.42 Å². The molecule has 0 saturated carbocycles. The summed E-state index contributed by atoms with van der Waals surface area (Å²) in [4.78, 5) is 4.34. The zero-order valence-corrected chi connectivity index (χ0v) is 12.2. The molecule has 0 aliphatic heterocycles. The first-order chi connectivity index (χ1) is 9.06. The van der Waals surface area contributed by atoms with E-state index in [1.807, 2.05) is 12.4 Å². The van der Waals surface area contributed by atoms with Crippen LogP contribution in [0.4, 0.5) is 0 Å². The fourth-order valence-electron chi connectivity index (χ4n) is 2.28. The molecule has 0 bridgehead atoms. The maximum Gasteiger partial charge on any atom is 0.0346 e. The van der Waals surface area contributed by atoms with E-state index in [1.165, 1.54) is 29.2 Å². The predicted octanol–water partition coefficient (Wildman–Crippen LogP) is 3.95. The van der Waals surface area contributed by atoms with E-state index in [2.05, 4.69) is 55.3 Å². The van der Waals surface area contributed by atoms with Gasteiger partial charge in [-0.3, -0.25) is 4.98 Å². The predicted molar refractivity (Wildman–Crippen MR) is 82.4 cm³/mol. The second-order valence-corrected chi connectivity index (χ2v) is 6.15. The summed E-state index contributed by atoms with van der Waals surface area (Å²) >= 11 is 0. The minimum absolute atomic E-state index is 0.223. The SMILES string of the molecule is CC(C)(C)NCCCCc1cncc2ccccc12. The first kappa shape index (κ1) is 14.0. The third kappa shape index (κ3) is 4.32. The van der Waals surface area contributed by atoms with Gasteiger partial charge in [0.05, 0.1) is 0 Å². The molecule has 19 heavy (non-hydrogen) atoms. The summed E-state index contributed by atoms with van der Waals surface area (Å²) in [7, 11) is 0. The van der Waals surface area contributed by atoms with Crippen molar-refractivity contribution in [1.29, 1.82) is 0 Å². The quantitative estimate of drug-likeness (QED) is 0.819. The monoisotopic (exact) mass is 256 g/mol. The van der Waals surface area contributed by atoms with Crippen molar-refractivity contribution in [2.24, 2.45) is 0 Å². The van der Waals surface area contributed by atoms with Gasteiger partial charge in [0.1, 0.15) is 0 Å². The second kappa shape index (κ2) is 6.16. The summed E-state index contributed by atoms with van der Waals surface area (Å²) in [5.74, 6) is 0. The molecule has 2 rings (SSSR count). The third-order valence-corrected chi connectivity index (χ3v) is 3.28. The highest BCUT2D eigenvalue weighted by molar-refractivity contribution is 5.84. The smallest absolute Gasteiger partial charge is 0.0346 e. The van der Waals surface area contributed by atoms with Crippen molar-refractivity contribution >= 4 is 10.8 Å². The number of aromatic nitrogens is 1. The van der Waals surface area contributed by atoms with Crippen molar-refractivity contribution in [3.8, 4) is 0 Å². The van der Waals surface area contributed by atoms with Crippen molar-refractivity contribution in [3.63, 3.8) is 0 Å². The lowest BCUT2D eigenvalue weighted by Gasteiger charge is -2.20. The van der Waals surface area contributed by atoms with E-state index in [0.29, 0.717) is 0 Å². The molecule has 0 amide bonds. The summed E-state index contributed by atoms with van der Waals surface area (Å²) in [6, 6.07) is 8.50. The van der Waals surface area contributed by atoms with Crippen molar-refractivity contribution in [3.05, 3.63) is 42.2 Å². The van der Waals surface area contributed by atoms with Gasteiger partial charge in [0.25, 0.3) is 0 Å². The summed E-state index contributed by atoms with van der Waals surface area (Å²) in [6.45, 7) is 7.71. The molecule has 2 aromatic rings. The highest BCUT2D eigenvalue weighted by atomic mass is 14.9. The molecule has 1 heterocycles. The zero-order chi connectivity index (χ0) is 13.7. The Morgan fingerprint density at radius 3 is 2.63 bits per heavy atom. The lowest BCUT2D eigenvalue weighted by molar-refractivity contribution is 0.419. The third-order valence-electron chi connectivity index (χ3n) is 3.28. The number of nitrogens with zero attached hydrogens (tertiary/aromatic N) is 1. The van der Waals surface area contributed by atoms with Crippen molar-refractivity contribution < 1.29 is 0 Å². The molecule has 0 fully saturated rings. The number of pyridine rings is 1. The molecular formula is C17H24N2. The molecular weight excluding hydrogens is 232 g/mol. The first-order valence-electron chi connectivity index (χ1n) is 7.13. The van der Waals surface area contributed by atoms with Gasteiger partial charge in [-0.1, -0.05) is 24.3 Å². The Labute approximate surface area is 116 Å². The van der Waals surface area contributed by atoms with Crippen molar-refractivity contribution in [1.82, 2.24) is 10.3 Å². The van der Waals surface area contributed by atoms with Crippen LogP contribution in [0, 0.1) is 0 Å². The largest absolute Gasteiger partial charge is 0.312 e. The van der Waals surface area contributed by atoms with E-state index in [0.717, 1.165) is 13.0 Å². The van der Waals surface area contributed by atoms with Gasteiger partial charge in [0, 0.05) is 23.3 Å². The van der Waals surface area contributed by atoms with Crippen LogP contribution in [0.25, 0.3) is 10.8 Å². The average molecular weight is 256 g/mol. The highest BCUT2D eigenvalue weighted by Crippen LogP contribution is 2.18. The van der Waals surface area contributed by atoms with Crippen LogP contribution in [0.5, 0.6) is 0 Å². The normalized spacial score (nSPS) is 11.9. The Balaban J connectivity index is 1.88. The van der Waals surface area contributed by atoms with Gasteiger partial charge in [0.2, 0.25) is 0 Å². The van der Waals surface area contributed by atoms with E-state index in [-0.39, 0.29) is 5.54 Å². The van der Waals surface area contributed by atoms with Crippen LogP contribution in [0.1, 0.15) is 39.2 Å². The maximum absolute atomic E-state index is 4.34. The molecule has 1 aromatic heterocycles. The van der Waals surface area contributed by atoms with Crippen molar-refractivity contribution in [2.75, 3.05) is 6.54 Å². The number of rotatable bonds is 5. The van der Waals surface area contributed by atoms with Gasteiger partial charge in [0.15, 0.2) is 0 Å². The molecule has 2 heteroatoms. The molecule has 0 saturated heterocycles. The number of nitrogens with one attached hydrogen (secondary N) is 1. The lowest BCUT2D eigenvalue weighted by Crippen LogP contribution is -2.36. The highest BCUT2D eigenvalue weighted by Gasteiger charge is 2.07. The van der Waals surface area contributed by atoms with Crippen LogP contribution in [-0.4, -0.2) is 17.1 Å². The number of hydrogen-bond acceptors (Lipinski definition) is 2. The fourth-order valence-corrected chi connectivity index (χ4v) is 2.28. The molecule has 0 unspecified atom stereocenters. The van der Waals surface area contributed by atoms with Crippen LogP contribution in [0.3, 0.4) is 0 Å². The van der Waals surface area contributed by atoms with E-state index >= 15 is 0 Å². The summed E-state index contributed by atoms with van der Waals surface area (Å²) in [5, 5.41) is 6.12. The average Bonchev–Trinajstić information content (AvgIpc) is 2.37. The topological polar surface area (TPSA) is 24.9 Å². The van der Waals surface area contributed by atoms with Gasteiger partial charge in [-0.15, -0.1) is 0 Å². The molecule has 0 aliphatic rings. The van der Waals surface area contributed by atoms with Gasteiger partial charge in [-0.25, -0.2) is 0 Å². The van der Waals surface area contributed by atoms with Crippen LogP contribution in [0.2, 0.25) is 0 Å². The van der Waals surface area contributed by atoms with E-state index in [4.69, 9.17) is 0 Å². The molecule has 0 spiro atoms. The number of hydrogen-bond donors (Lipinski definition) is 1. The van der Waals surface area contributed by atoms with Crippen molar-refractivity contribution in [2.45, 2.75) is 45.6 Å². The van der Waals surface area contributed by atoms with Crippen LogP contribution < -0.4 is 5.32 Å². The van der Waals surface area contributed by atoms with Gasteiger partial charge >= 0.3 is 0 Å². The Morgan fingerprint density at radius 1 is 1.05 bits per heavy atom. The summed E-state index contributed by atoms with van der Waals surface area (Å²) in [6.07, 6.45) is 7.49. The fraction of sp³-hybridized carbons (Fsp3) is 0.471. The Bertz CT molecular complexity index is 521. The first-order valence-corrected chi connectivity index (χ1v) is 7.13. The molecule has 0 aliphatic carbocycles. The molecule has 0 radical (unpaired) electrons. The summed E-state index contributed by atoms with van der Waals surface area (Å²) < 4.78 is 0. The van der Waals surface area contributed by atoms with Gasteiger partial charge in [-0.2, -0.15) is 0 Å². The summed E-state index contributed by atoms with van der Waals surface area (Å²) in [5.41, 5.74) is 1.59. The number of benzene rings is 1. The lowest BCUT2D eigenvalue weighted by atomic mass is 10.0. The molecule has 1 aromatic carbocycles. The standard InChI is InChI=1S/C17H24N2/c1-17(2,3)19-11-7-6-9-15-13-18-12-14-8-4-5-10-16(14)15/h4-5,8,10,12-13,19H,6-7,9,11H2,1-3H3. The molecule has 102 valence electrons. The van der Waals surface area contributed by atoms with Crippen LogP contribution in [0.15, 0.2) is 36.7 Å². The van der Waals surface area contributed by atoms with E-state index in [1.54, 1.807) is 0 Å². The minimum atomic E-state index is 0.223. The Hall–Kier alpha value is -1.41. The second-order valence-electron chi connectivity index (χ2n) is 6.15. The number of aryl methyl sites for hydroxylation is 1. The number of fused-ring (bicyclic) bond motifs is 1. The molecule has 1 N–H and O–H groups in total. The Morgan fingerprint density at radius 2 is 1.84 bits per heavy atom. The van der Waals surface area contributed by atoms with E-state index < -0.39 is 0 Å². The maximum atomic E-state index is 4.34. The number of unbranched alkanes of at least 4 members (excludes halogenated alkanes) is 1. The van der Waals surface area contributed by atoms with Gasteiger partial charge < -0.3 is 5.32 Å². The molecule has 2 nitrogen and oxygen atoms in total. The molecule has 0 atom stereocenters. The van der Waals surface area contributed by atoms with Gasteiger partial charge in [-0.05, 0) is 57.5 Å². The zero-order valence-electron chi connectivity index (χ0n) is 12.2. The van der Waals surface area contributed by atoms with E-state index in [9.17, 15) is 0 Å².